The molecule has 3 heterocycles. The van der Waals surface area contributed by atoms with Gasteiger partial charge in [0.25, 0.3) is 11.6 Å². The molecule has 2 aromatic heterocycles. The zero-order valence-electron chi connectivity index (χ0n) is 16.3. The first kappa shape index (κ1) is 18.7. The number of amides is 1. The van der Waals surface area contributed by atoms with Gasteiger partial charge in [0.1, 0.15) is 11.4 Å². The highest BCUT2D eigenvalue weighted by Crippen LogP contribution is 2.41. The van der Waals surface area contributed by atoms with Crippen molar-refractivity contribution < 1.29 is 14.1 Å². The summed E-state index contributed by atoms with van der Waals surface area (Å²) in [5.41, 5.74) is 1.07. The van der Waals surface area contributed by atoms with Gasteiger partial charge in [-0.15, -0.1) is 0 Å². The molecule has 0 spiro atoms. The number of hydrogen-bond donors (Lipinski definition) is 0. The Morgan fingerprint density at radius 3 is 2.58 bits per heavy atom. The van der Waals surface area contributed by atoms with Crippen LogP contribution in [-0.4, -0.2) is 15.8 Å². The van der Waals surface area contributed by atoms with Gasteiger partial charge in [-0.05, 0) is 36.8 Å². The Kier molecular flexibility index (Phi) is 4.14. The number of nitrogens with zero attached hydrogens (tertiary/aromatic N) is 3. The summed E-state index contributed by atoms with van der Waals surface area (Å²) in [5, 5.41) is 11.7. The fourth-order valence-electron chi connectivity index (χ4n) is 3.94. The van der Waals surface area contributed by atoms with Crippen LogP contribution in [0, 0.1) is 17.0 Å². The smallest absolute Gasteiger partial charge is 0.296 e. The van der Waals surface area contributed by atoms with Crippen LogP contribution in [0.2, 0.25) is 0 Å². The summed E-state index contributed by atoms with van der Waals surface area (Å²) in [7, 11) is 0. The van der Waals surface area contributed by atoms with E-state index in [1.165, 1.54) is 23.1 Å². The van der Waals surface area contributed by atoms with E-state index in [1.807, 2.05) is 0 Å². The van der Waals surface area contributed by atoms with E-state index in [4.69, 9.17) is 4.42 Å². The van der Waals surface area contributed by atoms with Gasteiger partial charge in [-0.25, -0.2) is 4.98 Å². The lowest BCUT2D eigenvalue weighted by Gasteiger charge is -2.24. The molecule has 8 nitrogen and oxygen atoms in total. The molecular weight excluding hydrogens is 398 g/mol. The topological polar surface area (TPSA) is 107 Å². The molecule has 0 aliphatic carbocycles. The van der Waals surface area contributed by atoms with Gasteiger partial charge in [0.2, 0.25) is 5.76 Å². The van der Waals surface area contributed by atoms with Gasteiger partial charge in [-0.3, -0.25) is 24.6 Å². The largest absolute Gasteiger partial charge is 0.450 e. The summed E-state index contributed by atoms with van der Waals surface area (Å²) < 4.78 is 5.86. The van der Waals surface area contributed by atoms with Crippen molar-refractivity contribution in [1.82, 2.24) is 4.98 Å². The van der Waals surface area contributed by atoms with E-state index < -0.39 is 16.9 Å². The molecule has 1 aliphatic rings. The number of para-hydroxylation sites is 1. The minimum Gasteiger partial charge on any atom is -0.450 e. The van der Waals surface area contributed by atoms with Crippen molar-refractivity contribution in [3.8, 4) is 0 Å². The molecule has 152 valence electrons. The number of fused-ring (bicyclic) bond motifs is 2. The van der Waals surface area contributed by atoms with Gasteiger partial charge < -0.3 is 4.42 Å². The average Bonchev–Trinajstić information content (AvgIpc) is 3.07. The molecular formula is C23H15N3O5. The summed E-state index contributed by atoms with van der Waals surface area (Å²) in [4.78, 5) is 43.5. The molecule has 0 saturated heterocycles. The first-order valence-electron chi connectivity index (χ1n) is 9.53. The highest BCUT2D eigenvalue weighted by atomic mass is 16.6. The van der Waals surface area contributed by atoms with Crippen molar-refractivity contribution in [2.24, 2.45) is 0 Å². The predicted octanol–water partition coefficient (Wildman–Crippen LogP) is 4.15. The zero-order valence-corrected chi connectivity index (χ0v) is 16.3. The minimum absolute atomic E-state index is 0.0801. The number of carbonyl (C=O) groups excluding carboxylic acids is 1. The number of benzene rings is 2. The zero-order chi connectivity index (χ0) is 21.7. The molecule has 0 saturated carbocycles. The maximum atomic E-state index is 13.4. The van der Waals surface area contributed by atoms with Crippen molar-refractivity contribution in [3.05, 3.63) is 110 Å². The van der Waals surface area contributed by atoms with Crippen LogP contribution in [0.15, 0.2) is 75.9 Å². The van der Waals surface area contributed by atoms with Gasteiger partial charge in [0, 0.05) is 17.8 Å². The van der Waals surface area contributed by atoms with Crippen molar-refractivity contribution in [2.45, 2.75) is 13.0 Å². The van der Waals surface area contributed by atoms with Crippen LogP contribution in [0.5, 0.6) is 0 Å². The lowest BCUT2D eigenvalue weighted by Crippen LogP contribution is -2.30. The summed E-state index contributed by atoms with van der Waals surface area (Å²) in [6.45, 7) is 1.79. The quantitative estimate of drug-likeness (QED) is 0.369. The van der Waals surface area contributed by atoms with Crippen molar-refractivity contribution in [3.63, 3.8) is 0 Å². The number of anilines is 1. The average molecular weight is 413 g/mol. The van der Waals surface area contributed by atoms with Gasteiger partial charge >= 0.3 is 0 Å². The number of pyridine rings is 1. The highest BCUT2D eigenvalue weighted by Gasteiger charge is 2.44. The molecule has 4 aromatic rings. The molecule has 1 amide bonds. The van der Waals surface area contributed by atoms with Crippen molar-refractivity contribution in [2.75, 3.05) is 4.90 Å². The third-order valence-electron chi connectivity index (χ3n) is 5.29. The summed E-state index contributed by atoms with van der Waals surface area (Å²) in [5.74, 6) is -0.271. The molecule has 31 heavy (non-hydrogen) atoms. The van der Waals surface area contributed by atoms with E-state index in [1.54, 1.807) is 55.5 Å². The van der Waals surface area contributed by atoms with Gasteiger partial charge in [0.15, 0.2) is 5.43 Å². The molecule has 1 aliphatic heterocycles. The normalized spacial score (nSPS) is 15.3. The Bertz CT molecular complexity index is 1440. The lowest BCUT2D eigenvalue weighted by molar-refractivity contribution is -0.384. The Morgan fingerprint density at radius 2 is 1.81 bits per heavy atom. The fraction of sp³-hybridized carbons (Fsp3) is 0.0870. The van der Waals surface area contributed by atoms with E-state index in [9.17, 15) is 19.7 Å². The predicted molar refractivity (Wildman–Crippen MR) is 113 cm³/mol. The number of rotatable bonds is 3. The maximum Gasteiger partial charge on any atom is 0.296 e. The number of hydrogen-bond acceptors (Lipinski definition) is 6. The van der Waals surface area contributed by atoms with Crippen molar-refractivity contribution >= 4 is 28.4 Å². The third-order valence-corrected chi connectivity index (χ3v) is 5.29. The highest BCUT2D eigenvalue weighted by molar-refractivity contribution is 6.10. The van der Waals surface area contributed by atoms with E-state index >= 15 is 0 Å². The van der Waals surface area contributed by atoms with E-state index in [-0.39, 0.29) is 22.4 Å². The van der Waals surface area contributed by atoms with Crippen molar-refractivity contribution in [1.29, 1.82) is 0 Å². The second-order valence-corrected chi connectivity index (χ2v) is 7.24. The number of aryl methyl sites for hydroxylation is 1. The number of nitro benzene ring substituents is 1. The second-order valence-electron chi connectivity index (χ2n) is 7.24. The molecule has 2 aromatic carbocycles. The van der Waals surface area contributed by atoms with E-state index in [0.717, 1.165) is 0 Å². The maximum absolute atomic E-state index is 13.4. The van der Waals surface area contributed by atoms with Crippen LogP contribution >= 0.6 is 0 Å². The SMILES string of the molecule is Cc1cccc(N2C(=O)c3oc4ccccc4c(=O)c3[C@H]2c2cccc([N+](=O)[O-])c2)n1. The molecule has 1 atom stereocenters. The van der Waals surface area contributed by atoms with Crippen LogP contribution in [0.25, 0.3) is 11.0 Å². The van der Waals surface area contributed by atoms with Crippen LogP contribution in [0.3, 0.4) is 0 Å². The Labute approximate surface area is 175 Å². The molecule has 0 N–H and O–H groups in total. The minimum atomic E-state index is -0.905. The van der Waals surface area contributed by atoms with Crippen LogP contribution in [-0.2, 0) is 0 Å². The Balaban J connectivity index is 1.83. The van der Waals surface area contributed by atoms with Gasteiger partial charge in [-0.1, -0.05) is 30.3 Å². The third kappa shape index (κ3) is 2.88. The second kappa shape index (κ2) is 6.88. The Morgan fingerprint density at radius 1 is 1.03 bits per heavy atom. The first-order valence-corrected chi connectivity index (χ1v) is 9.53. The Hall–Kier alpha value is -4.33. The summed E-state index contributed by atoms with van der Waals surface area (Å²) in [6.07, 6.45) is 0. The molecule has 0 fully saturated rings. The van der Waals surface area contributed by atoms with E-state index in [2.05, 4.69) is 4.98 Å². The van der Waals surface area contributed by atoms with Gasteiger partial charge in [0.05, 0.1) is 21.9 Å². The van der Waals surface area contributed by atoms with E-state index in [0.29, 0.717) is 28.0 Å². The number of carbonyl (C=O) groups is 1. The number of nitro groups is 1. The van der Waals surface area contributed by atoms with Crippen LogP contribution < -0.4 is 10.3 Å². The standard InChI is InChI=1S/C23H15N3O5/c1-13-6-4-11-18(24-13)25-20(14-7-5-8-15(12-14)26(29)30)19-21(27)16-9-2-3-10-17(16)31-22(19)23(25)28/h2-12,20H,1H3/t20-/m1/s1. The van der Waals surface area contributed by atoms with Crippen LogP contribution in [0.4, 0.5) is 11.5 Å². The summed E-state index contributed by atoms with van der Waals surface area (Å²) >= 11 is 0. The molecule has 0 radical (unpaired) electrons. The van der Waals surface area contributed by atoms with Crippen LogP contribution in [0.1, 0.15) is 33.4 Å². The van der Waals surface area contributed by atoms with Gasteiger partial charge in [-0.2, -0.15) is 0 Å². The fourth-order valence-corrected chi connectivity index (χ4v) is 3.94. The lowest BCUT2D eigenvalue weighted by atomic mass is 9.98. The summed E-state index contributed by atoms with van der Waals surface area (Å²) in [6, 6.07) is 16.9. The number of aromatic nitrogens is 1. The molecule has 0 unspecified atom stereocenters. The monoisotopic (exact) mass is 413 g/mol. The molecule has 8 heteroatoms. The molecule has 0 bridgehead atoms. The first-order chi connectivity index (χ1) is 15.0. The molecule has 5 rings (SSSR count). The number of non-ortho nitro benzene ring substituents is 1.